The van der Waals surface area contributed by atoms with Gasteiger partial charge in [-0.05, 0) is 60.1 Å². The van der Waals surface area contributed by atoms with Crippen LogP contribution in [0, 0.1) is 0 Å². The molecule has 10 heteroatoms. The normalized spacial score (nSPS) is 19.4. The van der Waals surface area contributed by atoms with Crippen LogP contribution in [0.1, 0.15) is 37.5 Å². The quantitative estimate of drug-likeness (QED) is 0.363. The van der Waals surface area contributed by atoms with Gasteiger partial charge < -0.3 is 9.80 Å². The van der Waals surface area contributed by atoms with Gasteiger partial charge in [0.05, 0.1) is 11.0 Å². The van der Waals surface area contributed by atoms with Crippen LogP contribution in [0.4, 0.5) is 5.82 Å². The van der Waals surface area contributed by atoms with Gasteiger partial charge in [0.1, 0.15) is 12.4 Å². The second-order valence-electron chi connectivity index (χ2n) is 11.2. The van der Waals surface area contributed by atoms with Crippen LogP contribution in [0.2, 0.25) is 0 Å². The second kappa shape index (κ2) is 11.2. The summed E-state index contributed by atoms with van der Waals surface area (Å²) in [7, 11) is -3.67. The molecule has 1 amide bonds. The third kappa shape index (κ3) is 5.99. The van der Waals surface area contributed by atoms with E-state index in [0.717, 1.165) is 57.6 Å². The van der Waals surface area contributed by atoms with E-state index in [1.165, 1.54) is 26.8 Å². The third-order valence-electron chi connectivity index (χ3n) is 8.30. The summed E-state index contributed by atoms with van der Waals surface area (Å²) in [5.41, 5.74) is 3.60. The van der Waals surface area contributed by atoms with Gasteiger partial charge in [0, 0.05) is 56.1 Å². The first-order chi connectivity index (χ1) is 18.6. The van der Waals surface area contributed by atoms with Gasteiger partial charge in [-0.15, -0.1) is 0 Å². The molecular weight excluding hydrogens is 532 g/mol. The summed E-state index contributed by atoms with van der Waals surface area (Å²) in [4.78, 5) is 19.6. The molecule has 2 aromatic carbocycles. The van der Waals surface area contributed by atoms with Crippen molar-refractivity contribution in [1.82, 2.24) is 14.2 Å². The van der Waals surface area contributed by atoms with Crippen LogP contribution in [-0.2, 0) is 37.4 Å². The number of benzene rings is 2. The van der Waals surface area contributed by atoms with E-state index in [-0.39, 0.29) is 17.4 Å². The van der Waals surface area contributed by atoms with Crippen molar-refractivity contribution < 1.29 is 17.4 Å². The average molecular weight is 571 g/mol. The van der Waals surface area contributed by atoms with E-state index in [0.29, 0.717) is 6.54 Å². The van der Waals surface area contributed by atoms with Gasteiger partial charge in [-0.2, -0.15) is 12.8 Å². The number of hydrogen-bond donors (Lipinski definition) is 0. The Bertz CT molecular complexity index is 1440. The topological polar surface area (TPSA) is 83.0 Å². The molecule has 8 nitrogen and oxygen atoms in total. The molecular formula is C29H38N4O4S2. The standard InChI is InChI=1S/C29H38N4O4S2/c1-5-33(27(34)20-37-39(4,35)36)26-19-22-11-10-21(18-24(22)29(26,2)3)12-13-31-14-16-32(17-15-31)28-23-8-6-7-9-25(23)38-30-28/h6-11,18,26H,5,12-17,19-20H2,1-4H3. The molecule has 1 unspecified atom stereocenters. The lowest BCUT2D eigenvalue weighted by molar-refractivity contribution is -0.136. The molecule has 210 valence electrons. The lowest BCUT2D eigenvalue weighted by atomic mass is 9.81. The number of aromatic nitrogens is 1. The number of carbonyl (C=O) groups is 1. The highest BCUT2D eigenvalue weighted by Gasteiger charge is 2.43. The lowest BCUT2D eigenvalue weighted by Crippen LogP contribution is -2.49. The lowest BCUT2D eigenvalue weighted by Gasteiger charge is -2.37. The summed E-state index contributed by atoms with van der Waals surface area (Å²) < 4.78 is 33.6. The van der Waals surface area contributed by atoms with E-state index >= 15 is 0 Å². The Morgan fingerprint density at radius 3 is 2.62 bits per heavy atom. The van der Waals surface area contributed by atoms with Crippen LogP contribution in [0.15, 0.2) is 42.5 Å². The fourth-order valence-electron chi connectivity index (χ4n) is 6.08. The number of piperazine rings is 1. The van der Waals surface area contributed by atoms with Gasteiger partial charge in [0.25, 0.3) is 10.1 Å². The Kier molecular flexibility index (Phi) is 8.01. The van der Waals surface area contributed by atoms with Crippen molar-refractivity contribution in [1.29, 1.82) is 0 Å². The van der Waals surface area contributed by atoms with E-state index in [1.807, 2.05) is 6.92 Å². The zero-order valence-corrected chi connectivity index (χ0v) is 24.9. The Labute approximate surface area is 235 Å². The summed E-state index contributed by atoms with van der Waals surface area (Å²) in [6, 6.07) is 15.2. The number of nitrogens with zero attached hydrogens (tertiary/aromatic N) is 4. The highest BCUT2D eigenvalue weighted by Crippen LogP contribution is 2.42. The van der Waals surface area contributed by atoms with Crippen molar-refractivity contribution in [3.8, 4) is 0 Å². The van der Waals surface area contributed by atoms with E-state index in [4.69, 9.17) is 8.56 Å². The summed E-state index contributed by atoms with van der Waals surface area (Å²) in [5, 5.41) is 1.25. The summed E-state index contributed by atoms with van der Waals surface area (Å²) in [5.74, 6) is 0.826. The van der Waals surface area contributed by atoms with Crippen molar-refractivity contribution >= 4 is 43.5 Å². The van der Waals surface area contributed by atoms with Gasteiger partial charge in [0.2, 0.25) is 5.91 Å². The molecule has 0 radical (unpaired) electrons. The fourth-order valence-corrected chi connectivity index (χ4v) is 7.19. The zero-order valence-electron chi connectivity index (χ0n) is 23.2. The fraction of sp³-hybridized carbons (Fsp3) is 0.517. The molecule has 1 aliphatic carbocycles. The van der Waals surface area contributed by atoms with Gasteiger partial charge >= 0.3 is 0 Å². The second-order valence-corrected chi connectivity index (χ2v) is 13.6. The van der Waals surface area contributed by atoms with E-state index in [1.54, 1.807) is 16.4 Å². The number of amides is 1. The van der Waals surface area contributed by atoms with Crippen molar-refractivity contribution in [2.75, 3.05) is 57.0 Å². The highest BCUT2D eigenvalue weighted by atomic mass is 32.2. The maximum absolute atomic E-state index is 12.9. The molecule has 1 aliphatic heterocycles. The molecule has 1 aromatic heterocycles. The SMILES string of the molecule is CCN(C(=O)COS(C)(=O)=O)C1Cc2ccc(CCN3CCN(c4nsc5ccccc45)CC3)cc2C1(C)C. The molecule has 1 saturated heterocycles. The predicted octanol–water partition coefficient (Wildman–Crippen LogP) is 3.69. The Morgan fingerprint density at radius 1 is 1.15 bits per heavy atom. The van der Waals surface area contributed by atoms with Gasteiger partial charge in [-0.1, -0.05) is 44.2 Å². The van der Waals surface area contributed by atoms with Crippen LogP contribution in [-0.4, -0.2) is 86.7 Å². The van der Waals surface area contributed by atoms with Crippen LogP contribution >= 0.6 is 11.5 Å². The summed E-state index contributed by atoms with van der Waals surface area (Å²) >= 11 is 1.58. The van der Waals surface area contributed by atoms with E-state index in [9.17, 15) is 13.2 Å². The molecule has 39 heavy (non-hydrogen) atoms. The summed E-state index contributed by atoms with van der Waals surface area (Å²) in [6.07, 6.45) is 2.71. The molecule has 5 rings (SSSR count). The third-order valence-corrected chi connectivity index (χ3v) is 9.66. The van der Waals surface area contributed by atoms with Crippen molar-refractivity contribution in [2.45, 2.75) is 45.1 Å². The molecule has 1 fully saturated rings. The number of fused-ring (bicyclic) bond motifs is 2. The minimum absolute atomic E-state index is 0.0433. The largest absolute Gasteiger partial charge is 0.353 e. The maximum atomic E-state index is 12.9. The molecule has 0 bridgehead atoms. The first-order valence-corrected chi connectivity index (χ1v) is 16.2. The minimum Gasteiger partial charge on any atom is -0.353 e. The van der Waals surface area contributed by atoms with Gasteiger partial charge in [-0.25, -0.2) is 0 Å². The van der Waals surface area contributed by atoms with Crippen molar-refractivity contribution in [3.05, 3.63) is 59.2 Å². The van der Waals surface area contributed by atoms with Crippen LogP contribution < -0.4 is 4.90 Å². The molecule has 2 heterocycles. The number of rotatable bonds is 9. The van der Waals surface area contributed by atoms with Crippen molar-refractivity contribution in [3.63, 3.8) is 0 Å². The van der Waals surface area contributed by atoms with Crippen LogP contribution in [0.3, 0.4) is 0 Å². The smallest absolute Gasteiger partial charge is 0.264 e. The van der Waals surface area contributed by atoms with Gasteiger partial charge in [-0.3, -0.25) is 13.9 Å². The van der Waals surface area contributed by atoms with Crippen LogP contribution in [0.25, 0.3) is 10.1 Å². The first kappa shape index (κ1) is 28.0. The highest BCUT2D eigenvalue weighted by molar-refractivity contribution is 7.86. The molecule has 0 saturated carbocycles. The molecule has 3 aromatic rings. The molecule has 0 N–H and O–H groups in total. The minimum atomic E-state index is -3.67. The number of hydrogen-bond acceptors (Lipinski definition) is 8. The van der Waals surface area contributed by atoms with Crippen LogP contribution in [0.5, 0.6) is 0 Å². The maximum Gasteiger partial charge on any atom is 0.264 e. The molecule has 2 aliphatic rings. The Hall–Kier alpha value is -2.53. The van der Waals surface area contributed by atoms with Gasteiger partial charge in [0.15, 0.2) is 0 Å². The summed E-state index contributed by atoms with van der Waals surface area (Å²) in [6.45, 7) is 11.4. The first-order valence-electron chi connectivity index (χ1n) is 13.6. The molecule has 1 atom stereocenters. The average Bonchev–Trinajstić information content (AvgIpc) is 3.45. The van der Waals surface area contributed by atoms with Crippen molar-refractivity contribution in [2.24, 2.45) is 0 Å². The Balaban J connectivity index is 1.19. The monoisotopic (exact) mass is 570 g/mol. The zero-order chi connectivity index (χ0) is 27.8. The predicted molar refractivity (Wildman–Crippen MR) is 157 cm³/mol. The number of anilines is 1. The van der Waals surface area contributed by atoms with E-state index in [2.05, 4.69) is 66.1 Å². The Morgan fingerprint density at radius 2 is 1.90 bits per heavy atom. The number of carbonyl (C=O) groups excluding carboxylic acids is 1. The van der Waals surface area contributed by atoms with E-state index < -0.39 is 16.7 Å². The molecule has 0 spiro atoms. The number of likely N-dealkylation sites (N-methyl/N-ethyl adjacent to an activating group) is 1.